The molecule has 0 spiro atoms. The molecule has 5 heteroatoms. The number of rotatable bonds is 4. The predicted molar refractivity (Wildman–Crippen MR) is 79.2 cm³/mol. The summed E-state index contributed by atoms with van der Waals surface area (Å²) in [6, 6.07) is 1.95. The third-order valence-electron chi connectivity index (χ3n) is 3.41. The first-order chi connectivity index (χ1) is 9.70. The molecule has 1 aromatic heterocycles. The number of hydrogen-bond donors (Lipinski definition) is 1. The molecule has 0 fully saturated rings. The highest BCUT2D eigenvalue weighted by Crippen LogP contribution is 2.28. The number of aryl methyl sites for hydroxylation is 2. The Balaban J connectivity index is 1.96. The number of carbonyl (C=O) groups excluding carboxylic acids is 2. The molecule has 1 aromatic rings. The van der Waals surface area contributed by atoms with Gasteiger partial charge in [-0.25, -0.2) is 4.79 Å². The van der Waals surface area contributed by atoms with Crippen LogP contribution in [0.2, 0.25) is 0 Å². The highest BCUT2D eigenvalue weighted by molar-refractivity contribution is 7.14. The molecule has 0 aromatic carbocycles. The van der Waals surface area contributed by atoms with Gasteiger partial charge in [0.2, 0.25) is 0 Å². The fraction of sp³-hybridized carbons (Fsp3) is 0.600. The normalized spacial score (nSPS) is 14.8. The van der Waals surface area contributed by atoms with Crippen molar-refractivity contribution in [2.45, 2.75) is 45.4 Å². The molecule has 0 unspecified atom stereocenters. The Kier molecular flexibility index (Phi) is 5.59. The van der Waals surface area contributed by atoms with Crippen LogP contribution in [0.15, 0.2) is 6.07 Å². The lowest BCUT2D eigenvalue weighted by molar-refractivity contribution is -0.124. The summed E-state index contributed by atoms with van der Waals surface area (Å²) >= 11 is 1.52. The highest BCUT2D eigenvalue weighted by atomic mass is 32.1. The molecule has 0 saturated carbocycles. The molecular formula is C15H21NO3S. The summed E-state index contributed by atoms with van der Waals surface area (Å²) in [5, 5.41) is 2.61. The fourth-order valence-electron chi connectivity index (χ4n) is 2.40. The van der Waals surface area contributed by atoms with E-state index < -0.39 is 0 Å². The second-order valence-corrected chi connectivity index (χ2v) is 6.14. The number of hydrogen-bond acceptors (Lipinski definition) is 4. The van der Waals surface area contributed by atoms with E-state index >= 15 is 0 Å². The van der Waals surface area contributed by atoms with Crippen LogP contribution in [-0.4, -0.2) is 25.0 Å². The van der Waals surface area contributed by atoms with Gasteiger partial charge in [-0.3, -0.25) is 4.79 Å². The van der Waals surface area contributed by atoms with E-state index in [4.69, 9.17) is 4.74 Å². The Morgan fingerprint density at radius 1 is 1.25 bits per heavy atom. The van der Waals surface area contributed by atoms with Gasteiger partial charge in [0.05, 0.1) is 0 Å². The largest absolute Gasteiger partial charge is 0.451 e. The van der Waals surface area contributed by atoms with Gasteiger partial charge in [0.25, 0.3) is 5.91 Å². The van der Waals surface area contributed by atoms with E-state index in [1.54, 1.807) is 0 Å². The molecule has 1 aliphatic rings. The molecule has 1 heterocycles. The zero-order chi connectivity index (χ0) is 14.4. The quantitative estimate of drug-likeness (QED) is 0.869. The summed E-state index contributed by atoms with van der Waals surface area (Å²) in [5.41, 5.74) is 1.29. The maximum atomic E-state index is 12.0. The van der Waals surface area contributed by atoms with Gasteiger partial charge in [0, 0.05) is 11.4 Å². The topological polar surface area (TPSA) is 55.4 Å². The third kappa shape index (κ3) is 4.07. The van der Waals surface area contributed by atoms with E-state index in [9.17, 15) is 9.59 Å². The van der Waals surface area contributed by atoms with Gasteiger partial charge in [-0.1, -0.05) is 12.8 Å². The maximum absolute atomic E-state index is 12.0. The minimum absolute atomic E-state index is 0.199. The number of ether oxygens (including phenoxy) is 1. The summed E-state index contributed by atoms with van der Waals surface area (Å²) in [5.74, 6) is -0.635. The first kappa shape index (κ1) is 15.0. The second kappa shape index (κ2) is 7.43. The van der Waals surface area contributed by atoms with Crippen LogP contribution in [0.1, 0.15) is 52.7 Å². The van der Waals surface area contributed by atoms with Crippen molar-refractivity contribution in [3.8, 4) is 0 Å². The molecule has 4 nitrogen and oxygen atoms in total. The van der Waals surface area contributed by atoms with Gasteiger partial charge in [-0.15, -0.1) is 11.3 Å². The molecule has 2 rings (SSSR count). The smallest absolute Gasteiger partial charge is 0.348 e. The van der Waals surface area contributed by atoms with Gasteiger partial charge in [0.15, 0.2) is 6.61 Å². The minimum Gasteiger partial charge on any atom is -0.451 e. The lowest BCUT2D eigenvalue weighted by Gasteiger charge is -2.07. The molecule has 1 amide bonds. The maximum Gasteiger partial charge on any atom is 0.348 e. The van der Waals surface area contributed by atoms with Gasteiger partial charge >= 0.3 is 5.97 Å². The third-order valence-corrected chi connectivity index (χ3v) is 4.62. The molecule has 0 aliphatic heterocycles. The summed E-state index contributed by atoms with van der Waals surface area (Å²) in [4.78, 5) is 25.2. The fourth-order valence-corrected chi connectivity index (χ4v) is 3.54. The number of esters is 1. The minimum atomic E-state index is -0.381. The first-order valence-electron chi connectivity index (χ1n) is 7.26. The van der Waals surface area contributed by atoms with Crippen LogP contribution in [-0.2, 0) is 22.4 Å². The molecule has 1 aliphatic carbocycles. The van der Waals surface area contributed by atoms with Crippen LogP contribution in [0.3, 0.4) is 0 Å². The number of thiophene rings is 1. The van der Waals surface area contributed by atoms with E-state index in [0.717, 1.165) is 12.8 Å². The number of carbonyl (C=O) groups is 2. The molecule has 110 valence electrons. The van der Waals surface area contributed by atoms with E-state index in [0.29, 0.717) is 11.4 Å². The summed E-state index contributed by atoms with van der Waals surface area (Å²) in [7, 11) is 0. The molecular weight excluding hydrogens is 274 g/mol. The second-order valence-electron chi connectivity index (χ2n) is 5.00. The van der Waals surface area contributed by atoms with Crippen LogP contribution < -0.4 is 5.32 Å². The lowest BCUT2D eigenvalue weighted by Crippen LogP contribution is -2.28. The van der Waals surface area contributed by atoms with Crippen LogP contribution in [0, 0.1) is 0 Å². The van der Waals surface area contributed by atoms with Crippen LogP contribution >= 0.6 is 11.3 Å². The van der Waals surface area contributed by atoms with Gasteiger partial charge in [-0.2, -0.15) is 0 Å². The summed E-state index contributed by atoms with van der Waals surface area (Å²) < 4.78 is 5.04. The Hall–Kier alpha value is -1.36. The average Bonchev–Trinajstić information content (AvgIpc) is 2.79. The predicted octanol–water partition coefficient (Wildman–Crippen LogP) is 2.70. The van der Waals surface area contributed by atoms with Crippen molar-refractivity contribution in [3.05, 3.63) is 21.4 Å². The van der Waals surface area contributed by atoms with Crippen molar-refractivity contribution < 1.29 is 14.3 Å². The van der Waals surface area contributed by atoms with E-state index in [1.807, 2.05) is 13.0 Å². The van der Waals surface area contributed by atoms with Crippen LogP contribution in [0.4, 0.5) is 0 Å². The van der Waals surface area contributed by atoms with E-state index in [1.165, 1.54) is 47.5 Å². The highest BCUT2D eigenvalue weighted by Gasteiger charge is 2.17. The monoisotopic (exact) mass is 295 g/mol. The van der Waals surface area contributed by atoms with E-state index in [2.05, 4.69) is 5.32 Å². The number of nitrogens with one attached hydrogen (secondary N) is 1. The average molecular weight is 295 g/mol. The number of amides is 1. The molecule has 20 heavy (non-hydrogen) atoms. The number of likely N-dealkylation sites (N-methyl/N-ethyl adjacent to an activating group) is 1. The van der Waals surface area contributed by atoms with Crippen molar-refractivity contribution in [1.82, 2.24) is 5.32 Å². The summed E-state index contributed by atoms with van der Waals surface area (Å²) in [6.07, 6.45) is 7.04. The van der Waals surface area contributed by atoms with Gasteiger partial charge in [0.1, 0.15) is 4.88 Å². The molecule has 0 saturated heterocycles. The zero-order valence-electron chi connectivity index (χ0n) is 11.9. The molecule has 0 atom stereocenters. The van der Waals surface area contributed by atoms with Crippen molar-refractivity contribution in [3.63, 3.8) is 0 Å². The molecule has 1 N–H and O–H groups in total. The van der Waals surface area contributed by atoms with Crippen LogP contribution in [0.5, 0.6) is 0 Å². The Bertz CT molecular complexity index is 456. The Labute approximate surface area is 123 Å². The Morgan fingerprint density at radius 2 is 2.00 bits per heavy atom. The first-order valence-corrected chi connectivity index (χ1v) is 8.07. The van der Waals surface area contributed by atoms with Gasteiger partial charge < -0.3 is 10.1 Å². The van der Waals surface area contributed by atoms with Crippen molar-refractivity contribution in [2.24, 2.45) is 0 Å². The van der Waals surface area contributed by atoms with Crippen molar-refractivity contribution in [1.29, 1.82) is 0 Å². The van der Waals surface area contributed by atoms with Gasteiger partial charge in [-0.05, 0) is 44.2 Å². The van der Waals surface area contributed by atoms with Crippen LogP contribution in [0.25, 0.3) is 0 Å². The molecule has 0 radical (unpaired) electrons. The van der Waals surface area contributed by atoms with E-state index in [-0.39, 0.29) is 18.5 Å². The molecule has 0 bridgehead atoms. The number of fused-ring (bicyclic) bond motifs is 1. The lowest BCUT2D eigenvalue weighted by atomic mass is 10.00. The standard InChI is InChI=1S/C15H21NO3S/c1-2-16-14(17)10-19-15(18)13-9-11-7-5-3-4-6-8-12(11)20-13/h9H,2-8,10H2,1H3,(H,16,17). The van der Waals surface area contributed by atoms with Crippen molar-refractivity contribution >= 4 is 23.2 Å². The SMILES string of the molecule is CCNC(=O)COC(=O)c1cc2c(s1)CCCCCC2. The zero-order valence-corrected chi connectivity index (χ0v) is 12.7. The summed E-state index contributed by atoms with van der Waals surface area (Å²) in [6.45, 7) is 2.18. The Morgan fingerprint density at radius 3 is 2.75 bits per heavy atom. The van der Waals surface area contributed by atoms with Crippen molar-refractivity contribution in [2.75, 3.05) is 13.2 Å².